The second kappa shape index (κ2) is 7.16. The van der Waals surface area contributed by atoms with E-state index in [1.807, 2.05) is 17.9 Å². The number of amides is 1. The molecule has 2 unspecified atom stereocenters. The van der Waals surface area contributed by atoms with E-state index in [-0.39, 0.29) is 11.2 Å². The number of fused-ring (bicyclic) bond motifs is 1. The van der Waals surface area contributed by atoms with Crippen LogP contribution in [0.25, 0.3) is 0 Å². The summed E-state index contributed by atoms with van der Waals surface area (Å²) in [6.45, 7) is 6.40. The maximum atomic E-state index is 12.8. The Morgan fingerprint density at radius 2 is 2.20 bits per heavy atom. The van der Waals surface area contributed by atoms with E-state index in [4.69, 9.17) is 0 Å². The lowest BCUT2D eigenvalue weighted by molar-refractivity contribution is -0.118. The largest absolute Gasteiger partial charge is 0.308 e. The summed E-state index contributed by atoms with van der Waals surface area (Å²) in [5.74, 6) is 1.35. The summed E-state index contributed by atoms with van der Waals surface area (Å²) in [4.78, 5) is 14.8. The number of rotatable bonds is 5. The highest BCUT2D eigenvalue weighted by Crippen LogP contribution is 2.32. The molecule has 110 valence electrons. The summed E-state index contributed by atoms with van der Waals surface area (Å²) in [6, 6.07) is 8.65. The minimum Gasteiger partial charge on any atom is -0.308 e. The zero-order valence-corrected chi connectivity index (χ0v) is 13.6. The number of carbonyl (C=O) groups is 1. The number of hydrogen-bond donors (Lipinski definition) is 0. The van der Waals surface area contributed by atoms with E-state index in [9.17, 15) is 4.79 Å². The summed E-state index contributed by atoms with van der Waals surface area (Å²) >= 11 is 1.79. The molecular formula is C17H25NOS. The fourth-order valence-electron chi connectivity index (χ4n) is 2.70. The highest BCUT2D eigenvalue weighted by molar-refractivity contribution is 8.00. The number of anilines is 1. The van der Waals surface area contributed by atoms with Gasteiger partial charge in [0.25, 0.3) is 0 Å². The molecular weight excluding hydrogens is 266 g/mol. The zero-order chi connectivity index (χ0) is 14.5. The topological polar surface area (TPSA) is 20.3 Å². The average Bonchev–Trinajstić information content (AvgIpc) is 2.46. The third kappa shape index (κ3) is 3.38. The molecule has 2 nitrogen and oxygen atoms in total. The molecule has 0 saturated heterocycles. The number of aryl methyl sites for hydroxylation is 1. The fourth-order valence-corrected chi connectivity index (χ4v) is 3.76. The van der Waals surface area contributed by atoms with Crippen molar-refractivity contribution in [2.24, 2.45) is 0 Å². The number of hydrogen-bond acceptors (Lipinski definition) is 2. The molecule has 0 aliphatic carbocycles. The van der Waals surface area contributed by atoms with Crippen molar-refractivity contribution in [2.75, 3.05) is 10.7 Å². The Bertz CT molecular complexity index is 460. The van der Waals surface area contributed by atoms with Gasteiger partial charge in [-0.05, 0) is 50.5 Å². The van der Waals surface area contributed by atoms with Crippen molar-refractivity contribution in [3.8, 4) is 0 Å². The van der Waals surface area contributed by atoms with Crippen LogP contribution in [0.5, 0.6) is 0 Å². The van der Waals surface area contributed by atoms with Crippen LogP contribution in [0.2, 0.25) is 0 Å². The van der Waals surface area contributed by atoms with Crippen LogP contribution in [0.1, 0.15) is 45.6 Å². The molecule has 20 heavy (non-hydrogen) atoms. The third-order valence-corrected chi connectivity index (χ3v) is 5.20. The molecule has 2 rings (SSSR count). The lowest BCUT2D eigenvalue weighted by Crippen LogP contribution is -2.45. The fraction of sp³-hybridized carbons (Fsp3) is 0.588. The van der Waals surface area contributed by atoms with E-state index in [0.29, 0.717) is 6.04 Å². The minimum atomic E-state index is 0.0511. The molecule has 0 spiro atoms. The summed E-state index contributed by atoms with van der Waals surface area (Å²) < 4.78 is 0. The van der Waals surface area contributed by atoms with Crippen molar-refractivity contribution in [1.29, 1.82) is 0 Å². The van der Waals surface area contributed by atoms with E-state index >= 15 is 0 Å². The SMILES string of the molecule is CCCCSC(C)C(=O)N1c2ccccc2CCC1C. The molecule has 0 radical (unpaired) electrons. The quantitative estimate of drug-likeness (QED) is 0.755. The molecule has 1 amide bonds. The lowest BCUT2D eigenvalue weighted by Gasteiger charge is -2.36. The Balaban J connectivity index is 2.12. The average molecular weight is 291 g/mol. The molecule has 0 N–H and O–H groups in total. The van der Waals surface area contributed by atoms with E-state index in [2.05, 4.69) is 32.0 Å². The molecule has 1 aliphatic rings. The van der Waals surface area contributed by atoms with Crippen molar-refractivity contribution >= 4 is 23.4 Å². The van der Waals surface area contributed by atoms with Crippen LogP contribution in [0.15, 0.2) is 24.3 Å². The van der Waals surface area contributed by atoms with E-state index in [0.717, 1.165) is 24.3 Å². The first-order valence-corrected chi connectivity index (χ1v) is 8.72. The van der Waals surface area contributed by atoms with Gasteiger partial charge < -0.3 is 4.90 Å². The third-order valence-electron chi connectivity index (χ3n) is 3.97. The predicted octanol–water partition coefficient (Wildman–Crippen LogP) is 4.28. The van der Waals surface area contributed by atoms with Crippen LogP contribution in [0.3, 0.4) is 0 Å². The van der Waals surface area contributed by atoms with Crippen molar-refractivity contribution < 1.29 is 4.79 Å². The van der Waals surface area contributed by atoms with Gasteiger partial charge in [0.15, 0.2) is 0 Å². The zero-order valence-electron chi connectivity index (χ0n) is 12.8. The van der Waals surface area contributed by atoms with Gasteiger partial charge in [0.1, 0.15) is 0 Å². The summed E-state index contributed by atoms with van der Waals surface area (Å²) in [7, 11) is 0. The molecule has 0 aromatic heterocycles. The molecule has 1 aromatic rings. The molecule has 1 aliphatic heterocycles. The van der Waals surface area contributed by atoms with Crippen molar-refractivity contribution in [3.63, 3.8) is 0 Å². The Hall–Kier alpha value is -0.960. The molecule has 0 bridgehead atoms. The summed E-state index contributed by atoms with van der Waals surface area (Å²) in [5, 5.41) is 0.0511. The lowest BCUT2D eigenvalue weighted by atomic mass is 9.96. The van der Waals surface area contributed by atoms with Crippen molar-refractivity contribution in [3.05, 3.63) is 29.8 Å². The van der Waals surface area contributed by atoms with Crippen LogP contribution >= 0.6 is 11.8 Å². The first kappa shape index (κ1) is 15.4. The smallest absolute Gasteiger partial charge is 0.240 e. The molecule has 2 atom stereocenters. The van der Waals surface area contributed by atoms with Gasteiger partial charge in [0.05, 0.1) is 5.25 Å². The van der Waals surface area contributed by atoms with Gasteiger partial charge in [0.2, 0.25) is 5.91 Å². The van der Waals surface area contributed by atoms with Gasteiger partial charge >= 0.3 is 0 Å². The standard InChI is InChI=1S/C17H25NOS/c1-4-5-12-20-14(3)17(19)18-13(2)10-11-15-8-6-7-9-16(15)18/h6-9,13-14H,4-5,10-12H2,1-3H3. The van der Waals surface area contributed by atoms with Crippen LogP contribution < -0.4 is 4.90 Å². The molecule has 0 fully saturated rings. The maximum absolute atomic E-state index is 12.8. The Morgan fingerprint density at radius 3 is 2.95 bits per heavy atom. The van der Waals surface area contributed by atoms with Gasteiger partial charge in [-0.1, -0.05) is 31.5 Å². The van der Waals surface area contributed by atoms with E-state index in [1.54, 1.807) is 11.8 Å². The maximum Gasteiger partial charge on any atom is 0.240 e. The van der Waals surface area contributed by atoms with E-state index < -0.39 is 0 Å². The van der Waals surface area contributed by atoms with Crippen LogP contribution in [0.4, 0.5) is 5.69 Å². The number of benzene rings is 1. The molecule has 1 aromatic carbocycles. The van der Waals surface area contributed by atoms with Gasteiger partial charge in [-0.15, -0.1) is 11.8 Å². The number of carbonyl (C=O) groups excluding carboxylic acids is 1. The predicted molar refractivity (Wildman–Crippen MR) is 88.5 cm³/mol. The monoisotopic (exact) mass is 291 g/mol. The van der Waals surface area contributed by atoms with Crippen LogP contribution in [-0.2, 0) is 11.2 Å². The molecule has 3 heteroatoms. The van der Waals surface area contributed by atoms with Crippen molar-refractivity contribution in [1.82, 2.24) is 0 Å². The molecule has 0 saturated carbocycles. The number of para-hydroxylation sites is 1. The second-order valence-corrected chi connectivity index (χ2v) is 7.04. The van der Waals surface area contributed by atoms with Gasteiger partial charge in [-0.3, -0.25) is 4.79 Å². The van der Waals surface area contributed by atoms with Gasteiger partial charge in [0, 0.05) is 11.7 Å². The van der Waals surface area contributed by atoms with Gasteiger partial charge in [-0.2, -0.15) is 0 Å². The Kier molecular flexibility index (Phi) is 5.53. The first-order valence-electron chi connectivity index (χ1n) is 7.67. The summed E-state index contributed by atoms with van der Waals surface area (Å²) in [6.07, 6.45) is 4.53. The number of thioether (sulfide) groups is 1. The van der Waals surface area contributed by atoms with Crippen LogP contribution in [0, 0.1) is 0 Å². The van der Waals surface area contributed by atoms with Crippen LogP contribution in [-0.4, -0.2) is 23.0 Å². The first-order chi connectivity index (χ1) is 9.65. The highest BCUT2D eigenvalue weighted by Gasteiger charge is 2.30. The Labute approximate surface area is 126 Å². The highest BCUT2D eigenvalue weighted by atomic mass is 32.2. The Morgan fingerprint density at radius 1 is 1.45 bits per heavy atom. The normalized spacial score (nSPS) is 19.6. The molecule has 1 heterocycles. The van der Waals surface area contributed by atoms with Crippen molar-refractivity contribution in [2.45, 2.75) is 57.7 Å². The van der Waals surface area contributed by atoms with Gasteiger partial charge in [-0.25, -0.2) is 0 Å². The summed E-state index contributed by atoms with van der Waals surface area (Å²) in [5.41, 5.74) is 2.43. The number of unbranched alkanes of at least 4 members (excludes halogenated alkanes) is 1. The van der Waals surface area contributed by atoms with E-state index in [1.165, 1.54) is 18.4 Å². The number of nitrogens with zero attached hydrogens (tertiary/aromatic N) is 1. The minimum absolute atomic E-state index is 0.0511. The second-order valence-electron chi connectivity index (χ2n) is 5.59.